The summed E-state index contributed by atoms with van der Waals surface area (Å²) in [6.07, 6.45) is 2.32. The summed E-state index contributed by atoms with van der Waals surface area (Å²) in [5.74, 6) is 0. The van der Waals surface area contributed by atoms with E-state index in [1.54, 1.807) is 11.9 Å². The smallest absolute Gasteiger partial charge is 0.317 e. The van der Waals surface area contributed by atoms with E-state index in [0.717, 1.165) is 19.4 Å². The Labute approximate surface area is 78.9 Å². The zero-order valence-corrected chi connectivity index (χ0v) is 8.34. The molecule has 0 saturated carbocycles. The highest BCUT2D eigenvalue weighted by atomic mass is 16.3. The summed E-state index contributed by atoms with van der Waals surface area (Å²) < 4.78 is 0. The molecule has 0 aromatic rings. The van der Waals surface area contributed by atoms with E-state index in [4.69, 9.17) is 0 Å². The van der Waals surface area contributed by atoms with Crippen LogP contribution in [0.3, 0.4) is 0 Å². The molecule has 76 valence electrons. The molecule has 4 nitrogen and oxygen atoms in total. The second-order valence-corrected chi connectivity index (χ2v) is 3.89. The molecule has 1 fully saturated rings. The fraction of sp³-hybridized carbons (Fsp3) is 0.889. The fourth-order valence-corrected chi connectivity index (χ4v) is 1.62. The van der Waals surface area contributed by atoms with Gasteiger partial charge < -0.3 is 15.3 Å². The number of nitrogens with zero attached hydrogens (tertiary/aromatic N) is 1. The Morgan fingerprint density at radius 2 is 2.15 bits per heavy atom. The highest BCUT2D eigenvalue weighted by molar-refractivity contribution is 5.73. The second kappa shape index (κ2) is 3.96. The quantitative estimate of drug-likeness (QED) is 0.581. The molecular weight excluding hydrogens is 168 g/mol. The van der Waals surface area contributed by atoms with Crippen molar-refractivity contribution in [2.24, 2.45) is 0 Å². The lowest BCUT2D eigenvalue weighted by molar-refractivity contribution is 0.0457. The summed E-state index contributed by atoms with van der Waals surface area (Å²) in [6, 6.07) is -0.0438. The number of urea groups is 1. The average molecular weight is 186 g/mol. The summed E-state index contributed by atoms with van der Waals surface area (Å²) in [7, 11) is 1.63. The first-order chi connectivity index (χ1) is 6.05. The van der Waals surface area contributed by atoms with Crippen molar-refractivity contribution in [3.63, 3.8) is 0 Å². The van der Waals surface area contributed by atoms with E-state index in [1.807, 2.05) is 6.92 Å². The van der Waals surface area contributed by atoms with Crippen molar-refractivity contribution in [2.75, 3.05) is 20.1 Å². The predicted octanol–water partition coefficient (Wildman–Crippen LogP) is 0.563. The van der Waals surface area contributed by atoms with Gasteiger partial charge in [0.15, 0.2) is 0 Å². The van der Waals surface area contributed by atoms with Gasteiger partial charge in [0.1, 0.15) is 0 Å². The lowest BCUT2D eigenvalue weighted by atomic mass is 9.98. The average Bonchev–Trinajstić information content (AvgIpc) is 2.25. The van der Waals surface area contributed by atoms with Gasteiger partial charge in [-0.25, -0.2) is 4.79 Å². The molecule has 4 heteroatoms. The van der Waals surface area contributed by atoms with E-state index >= 15 is 0 Å². The number of likely N-dealkylation sites (tertiary alicyclic amines) is 1. The minimum atomic E-state index is -0.594. The van der Waals surface area contributed by atoms with Gasteiger partial charge in [-0.1, -0.05) is 0 Å². The molecular formula is C9H18N2O2. The van der Waals surface area contributed by atoms with Crippen LogP contribution in [0.2, 0.25) is 0 Å². The predicted molar refractivity (Wildman–Crippen MR) is 50.5 cm³/mol. The van der Waals surface area contributed by atoms with Crippen molar-refractivity contribution >= 4 is 6.03 Å². The summed E-state index contributed by atoms with van der Waals surface area (Å²) >= 11 is 0. The normalized spacial score (nSPS) is 29.6. The van der Waals surface area contributed by atoms with Crippen molar-refractivity contribution in [1.29, 1.82) is 0 Å². The molecule has 0 bridgehead atoms. The van der Waals surface area contributed by atoms with Crippen molar-refractivity contribution < 1.29 is 9.90 Å². The Bertz CT molecular complexity index is 192. The van der Waals surface area contributed by atoms with Crippen LogP contribution in [0.15, 0.2) is 0 Å². The maximum absolute atomic E-state index is 11.3. The van der Waals surface area contributed by atoms with Crippen LogP contribution in [0.1, 0.15) is 26.2 Å². The van der Waals surface area contributed by atoms with Crippen LogP contribution in [-0.4, -0.2) is 41.8 Å². The molecule has 13 heavy (non-hydrogen) atoms. The van der Waals surface area contributed by atoms with Gasteiger partial charge in [-0.2, -0.15) is 0 Å². The Morgan fingerprint density at radius 3 is 2.77 bits per heavy atom. The standard InChI is InChI=1S/C9H18N2O2/c1-9(13)4-3-6-11(7-5-9)8(12)10-2/h13H,3-7H2,1-2H3,(H,10,12). The first-order valence-corrected chi connectivity index (χ1v) is 4.74. The van der Waals surface area contributed by atoms with E-state index < -0.39 is 5.60 Å². The maximum atomic E-state index is 11.3. The van der Waals surface area contributed by atoms with Gasteiger partial charge in [0, 0.05) is 20.1 Å². The fourth-order valence-electron chi connectivity index (χ4n) is 1.62. The number of hydrogen-bond acceptors (Lipinski definition) is 2. The number of amides is 2. The van der Waals surface area contributed by atoms with Gasteiger partial charge in [0.2, 0.25) is 0 Å². The lowest BCUT2D eigenvalue weighted by Crippen LogP contribution is -2.39. The van der Waals surface area contributed by atoms with Crippen molar-refractivity contribution in [3.8, 4) is 0 Å². The number of rotatable bonds is 0. The monoisotopic (exact) mass is 186 g/mol. The Kier molecular flexibility index (Phi) is 3.14. The lowest BCUT2D eigenvalue weighted by Gasteiger charge is -2.22. The largest absolute Gasteiger partial charge is 0.390 e. The third-order valence-electron chi connectivity index (χ3n) is 2.56. The highest BCUT2D eigenvalue weighted by Gasteiger charge is 2.26. The van der Waals surface area contributed by atoms with Crippen molar-refractivity contribution in [1.82, 2.24) is 10.2 Å². The van der Waals surface area contributed by atoms with Gasteiger partial charge in [-0.3, -0.25) is 0 Å². The van der Waals surface area contributed by atoms with Crippen LogP contribution in [0.25, 0.3) is 0 Å². The number of nitrogens with one attached hydrogen (secondary N) is 1. The first-order valence-electron chi connectivity index (χ1n) is 4.74. The van der Waals surface area contributed by atoms with Crippen LogP contribution in [-0.2, 0) is 0 Å². The molecule has 1 heterocycles. The van der Waals surface area contributed by atoms with Crippen LogP contribution in [0.5, 0.6) is 0 Å². The summed E-state index contributed by atoms with van der Waals surface area (Å²) in [6.45, 7) is 3.23. The Morgan fingerprint density at radius 1 is 1.46 bits per heavy atom. The highest BCUT2D eigenvalue weighted by Crippen LogP contribution is 2.21. The molecule has 2 amide bonds. The molecule has 0 aromatic carbocycles. The number of aliphatic hydroxyl groups is 1. The summed E-state index contributed by atoms with van der Waals surface area (Å²) in [4.78, 5) is 13.0. The van der Waals surface area contributed by atoms with E-state index in [1.165, 1.54) is 0 Å². The zero-order valence-electron chi connectivity index (χ0n) is 8.34. The van der Waals surface area contributed by atoms with Gasteiger partial charge in [-0.15, -0.1) is 0 Å². The Hall–Kier alpha value is -0.770. The molecule has 0 aliphatic carbocycles. The minimum absolute atomic E-state index is 0.0438. The van der Waals surface area contributed by atoms with Crippen LogP contribution < -0.4 is 5.32 Å². The minimum Gasteiger partial charge on any atom is -0.390 e. The van der Waals surface area contributed by atoms with Gasteiger partial charge >= 0.3 is 6.03 Å². The van der Waals surface area contributed by atoms with E-state index in [0.29, 0.717) is 13.0 Å². The van der Waals surface area contributed by atoms with Gasteiger partial charge in [0.25, 0.3) is 0 Å². The topological polar surface area (TPSA) is 52.6 Å². The molecule has 0 spiro atoms. The third-order valence-corrected chi connectivity index (χ3v) is 2.56. The third kappa shape index (κ3) is 2.88. The molecule has 0 aromatic heterocycles. The number of carbonyl (C=O) groups excluding carboxylic acids is 1. The second-order valence-electron chi connectivity index (χ2n) is 3.89. The van der Waals surface area contributed by atoms with Crippen LogP contribution in [0, 0.1) is 0 Å². The van der Waals surface area contributed by atoms with E-state index in [2.05, 4.69) is 5.32 Å². The van der Waals surface area contributed by atoms with E-state index in [9.17, 15) is 9.90 Å². The molecule has 1 rings (SSSR count). The van der Waals surface area contributed by atoms with Crippen LogP contribution >= 0.6 is 0 Å². The van der Waals surface area contributed by atoms with Gasteiger partial charge in [0.05, 0.1) is 5.60 Å². The summed E-state index contributed by atoms with van der Waals surface area (Å²) in [5, 5.41) is 12.4. The molecule has 1 aliphatic rings. The molecule has 1 aliphatic heterocycles. The molecule has 1 atom stereocenters. The van der Waals surface area contributed by atoms with Crippen molar-refractivity contribution in [2.45, 2.75) is 31.8 Å². The number of hydrogen-bond donors (Lipinski definition) is 2. The summed E-state index contributed by atoms with van der Waals surface area (Å²) in [5.41, 5.74) is -0.594. The molecule has 0 radical (unpaired) electrons. The van der Waals surface area contributed by atoms with E-state index in [-0.39, 0.29) is 6.03 Å². The first kappa shape index (κ1) is 10.3. The van der Waals surface area contributed by atoms with Crippen LogP contribution in [0.4, 0.5) is 4.79 Å². The molecule has 1 unspecified atom stereocenters. The molecule has 2 N–H and O–H groups in total. The zero-order chi connectivity index (χ0) is 9.90. The molecule has 1 saturated heterocycles. The van der Waals surface area contributed by atoms with Crippen molar-refractivity contribution in [3.05, 3.63) is 0 Å². The SMILES string of the molecule is CNC(=O)N1CCCC(C)(O)CC1. The maximum Gasteiger partial charge on any atom is 0.317 e. The number of carbonyl (C=O) groups is 1. The Balaban J connectivity index is 2.49. The van der Waals surface area contributed by atoms with Gasteiger partial charge in [-0.05, 0) is 26.2 Å².